The van der Waals surface area contributed by atoms with Crippen LogP contribution in [0.3, 0.4) is 0 Å². The molecule has 3 atom stereocenters. The highest BCUT2D eigenvalue weighted by molar-refractivity contribution is 7.89. The van der Waals surface area contributed by atoms with Crippen molar-refractivity contribution in [1.29, 1.82) is 10.8 Å². The van der Waals surface area contributed by atoms with Crippen LogP contribution in [0.2, 0.25) is 0 Å². The minimum Gasteiger partial charge on any atom is -0.465 e. The number of aryl methyl sites for hydroxylation is 2. The van der Waals surface area contributed by atoms with Gasteiger partial charge >= 0.3 is 6.09 Å². The highest BCUT2D eigenvalue weighted by atomic mass is 32.2. The summed E-state index contributed by atoms with van der Waals surface area (Å²) in [5.41, 5.74) is 1.60. The van der Waals surface area contributed by atoms with Gasteiger partial charge in [0.2, 0.25) is 11.7 Å². The Kier molecular flexibility index (Phi) is 14.7. The van der Waals surface area contributed by atoms with E-state index in [2.05, 4.69) is 14.6 Å². The number of hydrogen-bond acceptors (Lipinski definition) is 14. The monoisotopic (exact) mass is 832 g/mol. The first kappa shape index (κ1) is 43.8. The van der Waals surface area contributed by atoms with E-state index in [1.807, 2.05) is 0 Å². The predicted octanol–water partition coefficient (Wildman–Crippen LogP) is 1.73. The molecule has 1 fully saturated rings. The van der Waals surface area contributed by atoms with Crippen LogP contribution in [0.4, 0.5) is 4.79 Å². The third-order valence-corrected chi connectivity index (χ3v) is 12.5. The molecule has 19 nitrogen and oxygen atoms in total. The number of rotatable bonds is 19. The summed E-state index contributed by atoms with van der Waals surface area (Å²) in [5, 5.41) is 29.8. The van der Waals surface area contributed by atoms with E-state index in [0.29, 0.717) is 0 Å². The molecule has 1 aliphatic rings. The van der Waals surface area contributed by atoms with Gasteiger partial charge in [-0.25, -0.2) is 36.6 Å². The first-order valence-corrected chi connectivity index (χ1v) is 20.9. The van der Waals surface area contributed by atoms with E-state index in [9.17, 15) is 41.1 Å². The van der Waals surface area contributed by atoms with Crippen LogP contribution in [-0.2, 0) is 29.6 Å². The standard InChI is InChI=1S/C34H44N10O9S3/c1-23-7-11-25(12-8-23)55(50,51)38-40(3)27(15-17-36)30-33(47)42(19-20-43(30)34(48)49)22-29(45)44(28(6-5-16-35)31(46)32-37-18-21-54-32)41(4)39-56(52,53)26-13-9-24(2)10-14-26/h7-14,16-18,21,27-28,30,35-36,38-39H,5-6,15,19-20,22H2,1-4H3,(H,48,49)/t27?,28-,30-/m0/s1. The topological polar surface area (TPSA) is 258 Å². The zero-order valence-corrected chi connectivity index (χ0v) is 33.5. The van der Waals surface area contributed by atoms with Crippen LogP contribution >= 0.6 is 11.3 Å². The summed E-state index contributed by atoms with van der Waals surface area (Å²) < 4.78 is 53.6. The van der Waals surface area contributed by atoms with Crippen LogP contribution in [-0.4, -0.2) is 140 Å². The maximum atomic E-state index is 14.4. The van der Waals surface area contributed by atoms with E-state index in [1.54, 1.807) is 43.5 Å². The molecular formula is C34H44N10O9S3. The van der Waals surface area contributed by atoms with E-state index in [-0.39, 0.29) is 47.2 Å². The van der Waals surface area contributed by atoms with Gasteiger partial charge in [-0.1, -0.05) is 35.4 Å². The molecule has 5 N–H and O–H groups in total. The lowest BCUT2D eigenvalue weighted by Crippen LogP contribution is -2.68. The van der Waals surface area contributed by atoms with Crippen LogP contribution in [0.1, 0.15) is 40.2 Å². The number of amides is 3. The zero-order chi connectivity index (χ0) is 41.4. The van der Waals surface area contributed by atoms with Gasteiger partial charge in [0.1, 0.15) is 18.6 Å². The van der Waals surface area contributed by atoms with Gasteiger partial charge in [0, 0.05) is 45.2 Å². The van der Waals surface area contributed by atoms with Gasteiger partial charge in [-0.3, -0.25) is 19.3 Å². The van der Waals surface area contributed by atoms with Gasteiger partial charge in [-0.2, -0.15) is 0 Å². The summed E-state index contributed by atoms with van der Waals surface area (Å²) >= 11 is 0.987. The van der Waals surface area contributed by atoms with Gasteiger partial charge in [-0.05, 0) is 63.4 Å². The van der Waals surface area contributed by atoms with Crippen molar-refractivity contribution in [2.75, 3.05) is 33.7 Å². The van der Waals surface area contributed by atoms with E-state index in [1.165, 1.54) is 44.6 Å². The highest BCUT2D eigenvalue weighted by Crippen LogP contribution is 2.23. The second kappa shape index (κ2) is 18.8. The lowest BCUT2D eigenvalue weighted by atomic mass is 9.99. The second-order valence-corrected chi connectivity index (χ2v) is 17.1. The molecular weight excluding hydrogens is 789 g/mol. The number of carboxylic acid groups (broad SMARTS) is 1. The second-order valence-electron chi connectivity index (χ2n) is 12.9. The quantitative estimate of drug-likeness (QED) is 0.0658. The average molecular weight is 833 g/mol. The Balaban J connectivity index is 1.70. The summed E-state index contributed by atoms with van der Waals surface area (Å²) in [5.74, 6) is -2.53. The molecule has 302 valence electrons. The van der Waals surface area contributed by atoms with Crippen molar-refractivity contribution >= 4 is 67.5 Å². The van der Waals surface area contributed by atoms with Gasteiger partial charge in [-0.15, -0.1) is 26.1 Å². The Bertz CT molecular complexity index is 2120. The summed E-state index contributed by atoms with van der Waals surface area (Å²) in [6.45, 7) is 2.14. The molecule has 56 heavy (non-hydrogen) atoms. The number of piperazine rings is 1. The molecule has 0 aliphatic carbocycles. The molecule has 1 unspecified atom stereocenters. The molecule has 4 rings (SSSR count). The van der Waals surface area contributed by atoms with Crippen molar-refractivity contribution in [3.63, 3.8) is 0 Å². The van der Waals surface area contributed by atoms with Gasteiger partial charge < -0.3 is 20.8 Å². The van der Waals surface area contributed by atoms with E-state index in [0.717, 1.165) is 59.8 Å². The fourth-order valence-corrected chi connectivity index (χ4v) is 8.83. The summed E-state index contributed by atoms with van der Waals surface area (Å²) in [6, 6.07) is 7.46. The maximum absolute atomic E-state index is 14.4. The fourth-order valence-electron chi connectivity index (χ4n) is 6.06. The molecule has 3 amide bonds. The number of thiazole rings is 1. The largest absolute Gasteiger partial charge is 0.465 e. The molecule has 0 radical (unpaired) electrons. The molecule has 1 aromatic heterocycles. The third-order valence-electron chi connectivity index (χ3n) is 8.89. The normalized spacial score (nSPS) is 16.1. The van der Waals surface area contributed by atoms with Crippen molar-refractivity contribution in [1.82, 2.24) is 39.6 Å². The van der Waals surface area contributed by atoms with E-state index < -0.39 is 68.4 Å². The molecule has 22 heteroatoms. The molecule has 1 saturated heterocycles. The first-order chi connectivity index (χ1) is 26.4. The number of carbonyl (C=O) groups is 4. The van der Waals surface area contributed by atoms with Crippen LogP contribution < -0.4 is 9.66 Å². The van der Waals surface area contributed by atoms with Crippen molar-refractivity contribution in [3.8, 4) is 0 Å². The smallest absolute Gasteiger partial charge is 0.408 e. The number of aromatic nitrogens is 1. The van der Waals surface area contributed by atoms with Crippen LogP contribution in [0, 0.1) is 24.7 Å². The van der Waals surface area contributed by atoms with Crippen molar-refractivity contribution in [2.45, 2.75) is 61.0 Å². The number of hydrazine groups is 3. The van der Waals surface area contributed by atoms with E-state index in [4.69, 9.17) is 10.8 Å². The van der Waals surface area contributed by atoms with Crippen LogP contribution in [0.5, 0.6) is 0 Å². The number of Topliss-reactive ketones (excluding diaryl/α,β-unsaturated/α-hetero) is 1. The number of nitrogens with one attached hydrogen (secondary N) is 4. The molecule has 0 spiro atoms. The summed E-state index contributed by atoms with van der Waals surface area (Å²) in [7, 11) is -6.10. The number of nitrogens with zero attached hydrogens (tertiary/aromatic N) is 6. The minimum absolute atomic E-state index is 0.00145. The first-order valence-electron chi connectivity index (χ1n) is 17.1. The van der Waals surface area contributed by atoms with Gasteiger partial charge in [0.05, 0.1) is 15.8 Å². The lowest BCUT2D eigenvalue weighted by molar-refractivity contribution is -0.160. The highest BCUT2D eigenvalue weighted by Gasteiger charge is 2.46. The van der Waals surface area contributed by atoms with Crippen molar-refractivity contribution < 1.29 is 41.1 Å². The number of benzene rings is 2. The molecule has 2 aromatic carbocycles. The average Bonchev–Trinajstić information content (AvgIpc) is 3.68. The molecule has 0 saturated carbocycles. The lowest BCUT2D eigenvalue weighted by Gasteiger charge is -2.45. The Morgan fingerprint density at radius 1 is 0.946 bits per heavy atom. The number of likely N-dealkylation sites (N-methyl/N-ethyl adjacent to an activating group) is 1. The van der Waals surface area contributed by atoms with Gasteiger partial charge in [0.25, 0.3) is 26.0 Å². The number of hydrogen-bond donors (Lipinski definition) is 5. The number of sulfonamides is 2. The molecule has 1 aliphatic heterocycles. The van der Waals surface area contributed by atoms with Gasteiger partial charge in [0.15, 0.2) is 5.01 Å². The molecule has 2 heterocycles. The van der Waals surface area contributed by atoms with Crippen molar-refractivity contribution in [2.24, 2.45) is 0 Å². The van der Waals surface area contributed by atoms with Crippen LogP contribution in [0.25, 0.3) is 0 Å². The third kappa shape index (κ3) is 10.5. The summed E-state index contributed by atoms with van der Waals surface area (Å²) in [6.07, 6.45) is 1.36. The SMILES string of the molecule is Cc1ccc(S(=O)(=O)NN(C)C(CC=N)[C@H]2C(=O)N(CC(=O)N([C@@H](CCC=N)C(=O)c3nccs3)N(C)NS(=O)(=O)c3ccc(C)cc3)CCN2C(=O)O)cc1. The minimum atomic E-state index is -4.34. The van der Waals surface area contributed by atoms with E-state index >= 15 is 0 Å². The Morgan fingerprint density at radius 2 is 1.52 bits per heavy atom. The Morgan fingerprint density at radius 3 is 2.02 bits per heavy atom. The molecule has 0 bridgehead atoms. The zero-order valence-electron chi connectivity index (χ0n) is 31.0. The molecule has 3 aromatic rings. The summed E-state index contributed by atoms with van der Waals surface area (Å²) in [4.78, 5) is 65.4. The Labute approximate surface area is 328 Å². The number of ketones is 1. The maximum Gasteiger partial charge on any atom is 0.408 e. The number of carbonyl (C=O) groups excluding carboxylic acids is 3. The fraction of sp³-hybridized carbons (Fsp3) is 0.382. The predicted molar refractivity (Wildman–Crippen MR) is 206 cm³/mol. The van der Waals surface area contributed by atoms with Crippen molar-refractivity contribution in [3.05, 3.63) is 76.2 Å². The van der Waals surface area contributed by atoms with Crippen LogP contribution in [0.15, 0.2) is 69.9 Å². The Hall–Kier alpha value is -4.97.